The minimum Gasteiger partial charge on any atom is -0.491 e. The number of aromatic nitrogens is 1. The lowest BCUT2D eigenvalue weighted by molar-refractivity contribution is 0.238. The maximum atomic E-state index is 10.6. The van der Waals surface area contributed by atoms with Crippen molar-refractivity contribution in [3.05, 3.63) is 70.4 Å². The molecule has 1 aromatic heterocycles. The second-order valence-corrected chi connectivity index (χ2v) is 13.2. The second-order valence-electron chi connectivity index (χ2n) is 10.3. The molecule has 0 radical (unpaired) electrons. The van der Waals surface area contributed by atoms with Crippen LogP contribution in [0.5, 0.6) is 5.75 Å². The van der Waals surface area contributed by atoms with Crippen LogP contribution in [0.4, 0.5) is 5.69 Å². The molecule has 0 bridgehead atoms. The Hall–Kier alpha value is -2.50. The van der Waals surface area contributed by atoms with E-state index in [4.69, 9.17) is 9.29 Å². The summed E-state index contributed by atoms with van der Waals surface area (Å²) in [6, 6.07) is 18.4. The zero-order valence-electron chi connectivity index (χ0n) is 23.7. The average molecular weight is 575 g/mol. The number of anilines is 1. The van der Waals surface area contributed by atoms with Crippen molar-refractivity contribution < 1.29 is 17.7 Å². The second kappa shape index (κ2) is 14.2. The van der Waals surface area contributed by atoms with E-state index < -0.39 is 10.1 Å². The molecule has 2 aromatic carbocycles. The van der Waals surface area contributed by atoms with E-state index in [2.05, 4.69) is 97.2 Å². The molecule has 4 rings (SSSR count). The zero-order chi connectivity index (χ0) is 28.6. The van der Waals surface area contributed by atoms with E-state index in [1.54, 1.807) is 13.8 Å². The summed E-state index contributed by atoms with van der Waals surface area (Å²) in [5.74, 6) is 0.969. The number of thiazole rings is 1. The van der Waals surface area contributed by atoms with E-state index in [0.717, 1.165) is 35.9 Å². The van der Waals surface area contributed by atoms with E-state index in [1.165, 1.54) is 24.0 Å². The van der Waals surface area contributed by atoms with Crippen molar-refractivity contribution >= 4 is 27.1 Å². The molecule has 3 aromatic rings. The highest BCUT2D eigenvalue weighted by atomic mass is 32.3. The van der Waals surface area contributed by atoms with Crippen molar-refractivity contribution in [1.29, 1.82) is 0 Å². The van der Waals surface area contributed by atoms with Gasteiger partial charge in [0.15, 0.2) is 4.21 Å². The molecule has 8 nitrogen and oxygen atoms in total. The number of nitrogens with zero attached hydrogens (tertiary/aromatic N) is 1. The lowest BCUT2D eigenvalue weighted by Crippen LogP contribution is -2.45. The highest BCUT2D eigenvalue weighted by Crippen LogP contribution is 2.27. The van der Waals surface area contributed by atoms with Gasteiger partial charge in [-0.05, 0) is 84.7 Å². The number of rotatable bonds is 9. The Bertz CT molecular complexity index is 1290. The first-order chi connectivity index (χ1) is 18.4. The van der Waals surface area contributed by atoms with Gasteiger partial charge in [0.1, 0.15) is 5.75 Å². The molecule has 10 heteroatoms. The Labute approximate surface area is 237 Å². The molecule has 1 aliphatic heterocycles. The molecule has 1 aliphatic rings. The largest absolute Gasteiger partial charge is 0.491 e. The van der Waals surface area contributed by atoms with Crippen molar-refractivity contribution in [3.8, 4) is 5.75 Å². The van der Waals surface area contributed by atoms with Crippen LogP contribution in [0, 0.1) is 13.8 Å². The molecule has 214 valence electrons. The summed E-state index contributed by atoms with van der Waals surface area (Å²) in [5, 5.41) is 11.6. The van der Waals surface area contributed by atoms with E-state index in [1.807, 2.05) is 0 Å². The monoisotopic (exact) mass is 574 g/mol. The van der Waals surface area contributed by atoms with E-state index >= 15 is 0 Å². The van der Waals surface area contributed by atoms with Gasteiger partial charge in [-0.25, -0.2) is 4.98 Å². The quantitative estimate of drug-likeness (QED) is 0.234. The minimum atomic E-state index is -4.06. The highest BCUT2D eigenvalue weighted by molar-refractivity contribution is 7.88. The summed E-state index contributed by atoms with van der Waals surface area (Å²) in [6.07, 6.45) is 2.54. The number of hydrogen-bond acceptors (Lipinski definition) is 8. The van der Waals surface area contributed by atoms with Crippen molar-refractivity contribution in [3.63, 3.8) is 0 Å². The van der Waals surface area contributed by atoms with Gasteiger partial charge in [-0.2, -0.15) is 8.42 Å². The van der Waals surface area contributed by atoms with E-state index in [-0.39, 0.29) is 10.3 Å². The Kier molecular flexibility index (Phi) is 11.3. The van der Waals surface area contributed by atoms with E-state index in [9.17, 15) is 8.42 Å². The topological polar surface area (TPSA) is 113 Å². The van der Waals surface area contributed by atoms with Crippen molar-refractivity contribution in [1.82, 2.24) is 15.6 Å². The maximum Gasteiger partial charge on any atom is 0.305 e. The summed E-state index contributed by atoms with van der Waals surface area (Å²) >= 11 is 0.972. The lowest BCUT2D eigenvalue weighted by Gasteiger charge is -2.34. The highest BCUT2D eigenvalue weighted by Gasteiger charge is 2.26. The van der Waals surface area contributed by atoms with Crippen molar-refractivity contribution in [2.75, 3.05) is 11.9 Å². The molecule has 1 saturated heterocycles. The molecule has 0 aliphatic carbocycles. The molecule has 39 heavy (non-hydrogen) atoms. The van der Waals surface area contributed by atoms with Crippen molar-refractivity contribution in [2.24, 2.45) is 0 Å². The first-order valence-corrected chi connectivity index (χ1v) is 15.7. The summed E-state index contributed by atoms with van der Waals surface area (Å²) in [7, 11) is -4.06. The standard InChI is InChI=1S/C24H35N3O.C5H7NO3S2/c1-17(2)27-21-12-13-23(28-18(3)4)20(15-21)16-26-22-11-8-14-25-24(22)19-9-6-5-7-10-19;1-3-5(11(7,8)9)10-4(2)6-3/h5-7,9-10,12-13,15,17-18,22,24-27H,8,11,14,16H2,1-4H3;1-2H3,(H,7,8,9)/t22-,24-;/m0./s1. The Morgan fingerprint density at radius 3 is 2.41 bits per heavy atom. The third-order valence-electron chi connectivity index (χ3n) is 6.15. The van der Waals surface area contributed by atoms with Crippen LogP contribution in [0.2, 0.25) is 0 Å². The molecule has 2 atom stereocenters. The fourth-order valence-corrected chi connectivity index (χ4v) is 6.47. The predicted octanol–water partition coefficient (Wildman–Crippen LogP) is 5.88. The van der Waals surface area contributed by atoms with Crippen LogP contribution in [-0.4, -0.2) is 42.7 Å². The summed E-state index contributed by atoms with van der Waals surface area (Å²) in [4.78, 5) is 3.86. The van der Waals surface area contributed by atoms with Gasteiger partial charge in [0.25, 0.3) is 0 Å². The first kappa shape index (κ1) is 31.0. The van der Waals surface area contributed by atoms with Crippen LogP contribution in [0.25, 0.3) is 0 Å². The Morgan fingerprint density at radius 1 is 1.13 bits per heavy atom. The van der Waals surface area contributed by atoms with Gasteiger partial charge in [-0.15, -0.1) is 11.3 Å². The van der Waals surface area contributed by atoms with Crippen LogP contribution in [0.15, 0.2) is 52.7 Å². The van der Waals surface area contributed by atoms with Crippen LogP contribution in [0.3, 0.4) is 0 Å². The normalized spacial score (nSPS) is 17.6. The summed E-state index contributed by atoms with van der Waals surface area (Å²) < 4.78 is 35.8. The Morgan fingerprint density at radius 2 is 1.85 bits per heavy atom. The third-order valence-corrected chi connectivity index (χ3v) is 8.66. The Balaban J connectivity index is 0.000000320. The van der Waals surface area contributed by atoms with Gasteiger partial charge in [0.2, 0.25) is 0 Å². The van der Waals surface area contributed by atoms with Gasteiger partial charge >= 0.3 is 10.1 Å². The number of aryl methyl sites for hydroxylation is 2. The molecule has 2 heterocycles. The van der Waals surface area contributed by atoms with Crippen LogP contribution >= 0.6 is 11.3 Å². The van der Waals surface area contributed by atoms with Crippen LogP contribution < -0.4 is 20.7 Å². The van der Waals surface area contributed by atoms with Gasteiger partial charge < -0.3 is 20.7 Å². The first-order valence-electron chi connectivity index (χ1n) is 13.4. The predicted molar refractivity (Wildman–Crippen MR) is 159 cm³/mol. The smallest absolute Gasteiger partial charge is 0.305 e. The fourth-order valence-electron chi connectivity index (χ4n) is 4.62. The van der Waals surface area contributed by atoms with E-state index in [0.29, 0.717) is 28.8 Å². The van der Waals surface area contributed by atoms with Gasteiger partial charge in [0.05, 0.1) is 16.8 Å². The number of ether oxygens (including phenoxy) is 1. The molecule has 1 fully saturated rings. The third kappa shape index (κ3) is 9.58. The van der Waals surface area contributed by atoms with Gasteiger partial charge in [0, 0.05) is 35.9 Å². The molecule has 0 unspecified atom stereocenters. The van der Waals surface area contributed by atoms with Crippen LogP contribution in [0.1, 0.15) is 68.4 Å². The molecular weight excluding hydrogens is 532 g/mol. The summed E-state index contributed by atoms with van der Waals surface area (Å²) in [6.45, 7) is 13.6. The molecular formula is C29H42N4O4S2. The number of nitrogens with one attached hydrogen (secondary N) is 3. The minimum absolute atomic E-state index is 0.0602. The number of piperidine rings is 1. The SMILES string of the molecule is CC(C)Nc1ccc(OC(C)C)c(CN[C@H]2CCCN[C@H]2c2ccccc2)c1.Cc1nc(C)c(S(=O)(=O)O)s1. The molecule has 0 spiro atoms. The van der Waals surface area contributed by atoms with Crippen LogP contribution in [-0.2, 0) is 16.7 Å². The molecule has 0 saturated carbocycles. The van der Waals surface area contributed by atoms with Crippen molar-refractivity contribution in [2.45, 2.75) is 89.4 Å². The maximum absolute atomic E-state index is 10.6. The lowest BCUT2D eigenvalue weighted by atomic mass is 9.92. The molecule has 0 amide bonds. The van der Waals surface area contributed by atoms with Gasteiger partial charge in [-0.1, -0.05) is 30.3 Å². The summed E-state index contributed by atoms with van der Waals surface area (Å²) in [5.41, 5.74) is 4.06. The number of hydrogen-bond donors (Lipinski definition) is 4. The number of benzene rings is 2. The van der Waals surface area contributed by atoms with Gasteiger partial charge in [-0.3, -0.25) is 4.55 Å². The average Bonchev–Trinajstić information content (AvgIpc) is 3.23. The molecule has 4 N–H and O–H groups in total. The fraction of sp³-hybridized carbons (Fsp3) is 0.483. The zero-order valence-corrected chi connectivity index (χ0v) is 25.3.